The number of hydrogen-bond donors (Lipinski definition) is 0. The van der Waals surface area contributed by atoms with Crippen molar-refractivity contribution in [3.63, 3.8) is 0 Å². The van der Waals surface area contributed by atoms with E-state index in [0.29, 0.717) is 24.2 Å². The Morgan fingerprint density at radius 2 is 0.543 bits per heavy atom. The van der Waals surface area contributed by atoms with Crippen LogP contribution in [0.1, 0.15) is 46.4 Å². The normalized spacial score (nSPS) is 31.1. The van der Waals surface area contributed by atoms with Gasteiger partial charge in [-0.25, -0.2) is 0 Å². The summed E-state index contributed by atoms with van der Waals surface area (Å²) in [6, 6.07) is 45.4. The molecule has 0 aliphatic carbocycles. The second kappa shape index (κ2) is 15.5. The molecule has 6 fully saturated rings. The number of piperazine rings is 2. The summed E-state index contributed by atoms with van der Waals surface area (Å²) in [5, 5.41) is 0. The maximum absolute atomic E-state index is 6.50. The molecule has 0 radical (unpaired) electrons. The molecule has 4 unspecified atom stereocenters. The zero-order valence-corrected chi connectivity index (χ0v) is 26.9. The first kappa shape index (κ1) is 31.3. The van der Waals surface area contributed by atoms with Crippen LogP contribution in [0.3, 0.4) is 0 Å². The van der Waals surface area contributed by atoms with Gasteiger partial charge in [-0.05, 0) is 22.3 Å². The van der Waals surface area contributed by atoms with Gasteiger partial charge in [0.05, 0.1) is 26.4 Å². The largest absolute Gasteiger partial charge is 0.379 e. The lowest BCUT2D eigenvalue weighted by Crippen LogP contribution is -2.53. The van der Waals surface area contributed by atoms with Gasteiger partial charge in [0.2, 0.25) is 0 Å². The van der Waals surface area contributed by atoms with Gasteiger partial charge in [0.25, 0.3) is 0 Å². The molecule has 10 rings (SSSR count). The molecule has 8 atom stereocenters. The molecule has 6 aliphatic rings. The summed E-state index contributed by atoms with van der Waals surface area (Å²) in [7, 11) is 0. The highest BCUT2D eigenvalue weighted by Crippen LogP contribution is 2.36. The van der Waals surface area contributed by atoms with Gasteiger partial charge in [0.1, 0.15) is 0 Å². The number of benzene rings is 4. The van der Waals surface area contributed by atoms with Gasteiger partial charge in [-0.2, -0.15) is 0 Å². The summed E-state index contributed by atoms with van der Waals surface area (Å²) < 4.78 is 13.0. The smallest absolute Gasteiger partial charge is 0.0594 e. The van der Waals surface area contributed by atoms with Crippen molar-refractivity contribution < 1.29 is 9.47 Å². The van der Waals surface area contributed by atoms with Gasteiger partial charge in [0, 0.05) is 76.5 Å². The molecule has 240 valence electrons. The molecule has 46 heavy (non-hydrogen) atoms. The van der Waals surface area contributed by atoms with Crippen molar-refractivity contribution in [2.75, 3.05) is 78.8 Å². The monoisotopic (exact) mass is 616 g/mol. The SMILES string of the molecule is c1ccc([C@@H]2CN3CCOCCN4C[C@@H](c5ccccc5)N(CCOCCN2C[C@H]3c2ccccc2)C[C@H]4c2ccccc2)cc1. The van der Waals surface area contributed by atoms with Gasteiger partial charge in [-0.1, -0.05) is 121 Å². The lowest BCUT2D eigenvalue weighted by molar-refractivity contribution is -0.0324. The van der Waals surface area contributed by atoms with Crippen molar-refractivity contribution in [3.05, 3.63) is 144 Å². The molecule has 4 aromatic rings. The summed E-state index contributed by atoms with van der Waals surface area (Å²) in [6.07, 6.45) is 0. The Kier molecular flexibility index (Phi) is 10.5. The van der Waals surface area contributed by atoms with Gasteiger partial charge >= 0.3 is 0 Å². The summed E-state index contributed by atoms with van der Waals surface area (Å²) in [5.74, 6) is 0. The lowest BCUT2D eigenvalue weighted by Gasteiger charge is -2.48. The third kappa shape index (κ3) is 7.44. The average Bonchev–Trinajstić information content (AvgIpc) is 3.12. The Morgan fingerprint density at radius 1 is 0.326 bits per heavy atom. The van der Waals surface area contributed by atoms with Crippen LogP contribution in [0.2, 0.25) is 0 Å². The van der Waals surface area contributed by atoms with E-state index in [9.17, 15) is 0 Å². The molecule has 4 aromatic carbocycles. The van der Waals surface area contributed by atoms with Crippen LogP contribution in [0.4, 0.5) is 0 Å². The van der Waals surface area contributed by atoms with Crippen LogP contribution < -0.4 is 0 Å². The van der Waals surface area contributed by atoms with Crippen LogP contribution >= 0.6 is 0 Å². The molecule has 0 spiro atoms. The van der Waals surface area contributed by atoms with E-state index in [0.717, 1.165) is 78.8 Å². The van der Waals surface area contributed by atoms with Crippen molar-refractivity contribution in [1.29, 1.82) is 0 Å². The molecule has 6 heterocycles. The Labute approximate surface area is 275 Å². The van der Waals surface area contributed by atoms with Crippen LogP contribution in [0.25, 0.3) is 0 Å². The van der Waals surface area contributed by atoms with Crippen molar-refractivity contribution in [2.45, 2.75) is 24.2 Å². The molecule has 4 bridgehead atoms. The summed E-state index contributed by atoms with van der Waals surface area (Å²) in [4.78, 5) is 10.6. The summed E-state index contributed by atoms with van der Waals surface area (Å²) in [6.45, 7) is 10.5. The van der Waals surface area contributed by atoms with Crippen molar-refractivity contribution >= 4 is 0 Å². The van der Waals surface area contributed by atoms with Gasteiger partial charge < -0.3 is 9.47 Å². The predicted molar refractivity (Wildman–Crippen MR) is 185 cm³/mol. The fourth-order valence-electron chi connectivity index (χ4n) is 7.74. The summed E-state index contributed by atoms with van der Waals surface area (Å²) in [5.41, 5.74) is 5.51. The molecule has 0 N–H and O–H groups in total. The highest BCUT2D eigenvalue weighted by Gasteiger charge is 2.37. The van der Waals surface area contributed by atoms with E-state index >= 15 is 0 Å². The molecule has 6 saturated heterocycles. The molecule has 0 aromatic heterocycles. The van der Waals surface area contributed by atoms with Crippen LogP contribution in [0.5, 0.6) is 0 Å². The zero-order chi connectivity index (χ0) is 31.0. The predicted octanol–water partition coefficient (Wildman–Crippen LogP) is 6.23. The van der Waals surface area contributed by atoms with E-state index in [1.807, 2.05) is 0 Å². The first-order chi connectivity index (χ1) is 22.8. The third-order valence-corrected chi connectivity index (χ3v) is 10.2. The Morgan fingerprint density at radius 3 is 0.761 bits per heavy atom. The number of nitrogens with zero attached hydrogens (tertiary/aromatic N) is 4. The van der Waals surface area contributed by atoms with E-state index < -0.39 is 0 Å². The highest BCUT2D eigenvalue weighted by atomic mass is 16.5. The standard InChI is InChI=1S/C40H48N4O2/c1-5-13-33(14-6-1)37-29-42-22-26-46-28-24-44-32-39(35-17-9-3-10-18-35)43(31-40(44)36-19-11-4-12-20-36)23-27-45-25-21-41(37)30-38(42)34-15-7-2-8-16-34/h1-20,37-40H,21-32H2/t37-,38-,39-,40-/m0/s1. The van der Waals surface area contributed by atoms with Crippen LogP contribution in [-0.4, -0.2) is 98.4 Å². The van der Waals surface area contributed by atoms with Crippen molar-refractivity contribution in [3.8, 4) is 0 Å². The Balaban J connectivity index is 1.14. The minimum atomic E-state index is 0.323. The molecule has 0 amide bonds. The Hall–Kier alpha value is -3.36. The average molecular weight is 617 g/mol. The van der Waals surface area contributed by atoms with E-state index in [4.69, 9.17) is 9.47 Å². The molecule has 6 aliphatic heterocycles. The molecule has 6 nitrogen and oxygen atoms in total. The van der Waals surface area contributed by atoms with E-state index in [1.165, 1.54) is 22.3 Å². The molecule has 6 heteroatoms. The first-order valence-electron chi connectivity index (χ1n) is 17.1. The minimum Gasteiger partial charge on any atom is -0.379 e. The molecule has 0 saturated carbocycles. The zero-order valence-electron chi connectivity index (χ0n) is 26.9. The lowest BCUT2D eigenvalue weighted by atomic mass is 9.95. The van der Waals surface area contributed by atoms with E-state index in [2.05, 4.69) is 141 Å². The van der Waals surface area contributed by atoms with Gasteiger partial charge in [-0.3, -0.25) is 19.6 Å². The third-order valence-electron chi connectivity index (χ3n) is 10.2. The van der Waals surface area contributed by atoms with Gasteiger partial charge in [0.15, 0.2) is 0 Å². The fraction of sp³-hybridized carbons (Fsp3) is 0.400. The van der Waals surface area contributed by atoms with Crippen LogP contribution in [0.15, 0.2) is 121 Å². The van der Waals surface area contributed by atoms with Gasteiger partial charge in [-0.15, -0.1) is 0 Å². The second-order valence-electron chi connectivity index (χ2n) is 12.9. The van der Waals surface area contributed by atoms with Crippen molar-refractivity contribution in [2.24, 2.45) is 0 Å². The number of hydrogen-bond acceptors (Lipinski definition) is 6. The molecular formula is C40H48N4O2. The van der Waals surface area contributed by atoms with E-state index in [-0.39, 0.29) is 0 Å². The number of ether oxygens (including phenoxy) is 2. The first-order valence-corrected chi connectivity index (χ1v) is 17.1. The van der Waals surface area contributed by atoms with Crippen LogP contribution in [-0.2, 0) is 9.47 Å². The van der Waals surface area contributed by atoms with E-state index in [1.54, 1.807) is 0 Å². The maximum Gasteiger partial charge on any atom is 0.0594 e. The minimum absolute atomic E-state index is 0.323. The maximum atomic E-state index is 6.50. The second-order valence-corrected chi connectivity index (χ2v) is 12.9. The molecular weight excluding hydrogens is 568 g/mol. The highest BCUT2D eigenvalue weighted by molar-refractivity contribution is 5.26. The quantitative estimate of drug-likeness (QED) is 0.270. The van der Waals surface area contributed by atoms with Crippen molar-refractivity contribution in [1.82, 2.24) is 19.6 Å². The fourth-order valence-corrected chi connectivity index (χ4v) is 7.74. The Bertz CT molecular complexity index is 1230. The van der Waals surface area contributed by atoms with Crippen LogP contribution in [0, 0.1) is 0 Å². The number of rotatable bonds is 4. The summed E-state index contributed by atoms with van der Waals surface area (Å²) >= 11 is 0. The topological polar surface area (TPSA) is 31.4 Å².